The molecule has 0 aromatic carbocycles. The summed E-state index contributed by atoms with van der Waals surface area (Å²) in [6, 6.07) is 4.91. The number of aromatic amines is 1. The molecular weight excluding hydrogens is 320 g/mol. The van der Waals surface area contributed by atoms with Gasteiger partial charge in [0.25, 0.3) is 11.5 Å². The number of nitrogens with one attached hydrogen (secondary N) is 2. The third-order valence-electron chi connectivity index (χ3n) is 4.48. The number of carbonyl (C=O) groups excluding carboxylic acids is 1. The summed E-state index contributed by atoms with van der Waals surface area (Å²) in [6.07, 6.45) is 2.41. The molecule has 2 N–H and O–H groups in total. The zero-order valence-corrected chi connectivity index (χ0v) is 14.7. The maximum Gasteiger partial charge on any atom is 0.287 e. The van der Waals surface area contributed by atoms with Gasteiger partial charge >= 0.3 is 0 Å². The van der Waals surface area contributed by atoms with E-state index in [4.69, 9.17) is 4.42 Å². The first-order valence-electron chi connectivity index (χ1n) is 8.65. The van der Waals surface area contributed by atoms with Crippen LogP contribution in [0.5, 0.6) is 0 Å². The largest absolute Gasteiger partial charge is 0.455 e. The van der Waals surface area contributed by atoms with Crippen LogP contribution in [0.3, 0.4) is 0 Å². The Bertz CT molecular complexity index is 788. The maximum absolute atomic E-state index is 12.2. The Hall–Kier alpha value is -2.41. The van der Waals surface area contributed by atoms with Gasteiger partial charge in [-0.1, -0.05) is 6.92 Å². The molecule has 0 atom stereocenters. The van der Waals surface area contributed by atoms with E-state index in [1.54, 1.807) is 13.0 Å². The van der Waals surface area contributed by atoms with Crippen molar-refractivity contribution in [3.8, 4) is 0 Å². The molecule has 0 radical (unpaired) electrons. The number of amides is 1. The fourth-order valence-electron chi connectivity index (χ4n) is 3.02. The van der Waals surface area contributed by atoms with Gasteiger partial charge in [-0.05, 0) is 50.9 Å². The van der Waals surface area contributed by atoms with E-state index >= 15 is 0 Å². The van der Waals surface area contributed by atoms with Crippen LogP contribution < -0.4 is 10.9 Å². The van der Waals surface area contributed by atoms with Crippen molar-refractivity contribution < 1.29 is 9.21 Å². The first kappa shape index (κ1) is 17.4. The van der Waals surface area contributed by atoms with Gasteiger partial charge < -0.3 is 14.7 Å². The third kappa shape index (κ3) is 4.79. The second-order valence-corrected chi connectivity index (χ2v) is 6.73. The van der Waals surface area contributed by atoms with Crippen molar-refractivity contribution >= 4 is 5.91 Å². The fraction of sp³-hybridized carbons (Fsp3) is 0.500. The van der Waals surface area contributed by atoms with Gasteiger partial charge in [0.2, 0.25) is 0 Å². The highest BCUT2D eigenvalue weighted by atomic mass is 16.4. The van der Waals surface area contributed by atoms with E-state index in [-0.39, 0.29) is 23.8 Å². The number of furan rings is 1. The lowest BCUT2D eigenvalue weighted by Gasteiger charge is -2.29. The smallest absolute Gasteiger partial charge is 0.287 e. The second-order valence-electron chi connectivity index (χ2n) is 6.73. The molecule has 7 heteroatoms. The van der Waals surface area contributed by atoms with E-state index in [1.807, 2.05) is 6.07 Å². The third-order valence-corrected chi connectivity index (χ3v) is 4.48. The molecule has 0 aliphatic carbocycles. The highest BCUT2D eigenvalue weighted by Crippen LogP contribution is 2.19. The summed E-state index contributed by atoms with van der Waals surface area (Å²) in [5.74, 6) is 2.08. The van der Waals surface area contributed by atoms with Gasteiger partial charge in [0, 0.05) is 6.07 Å². The zero-order valence-electron chi connectivity index (χ0n) is 14.7. The number of carbonyl (C=O) groups is 1. The molecule has 7 nitrogen and oxygen atoms in total. The Morgan fingerprint density at radius 1 is 1.40 bits per heavy atom. The molecule has 134 valence electrons. The molecular formula is C18H24N4O3. The topological polar surface area (TPSA) is 91.2 Å². The SMILES string of the molecule is Cc1nc(CNC(=O)c2ccc(CN3CCC(C)CC3)o2)cc(=O)[nH]1. The quantitative estimate of drug-likeness (QED) is 0.863. The Kier molecular flexibility index (Phi) is 5.33. The Morgan fingerprint density at radius 2 is 2.16 bits per heavy atom. The van der Waals surface area contributed by atoms with Crippen molar-refractivity contribution in [1.29, 1.82) is 0 Å². The van der Waals surface area contributed by atoms with Crippen LogP contribution in [-0.4, -0.2) is 33.9 Å². The number of likely N-dealkylation sites (tertiary alicyclic amines) is 1. The number of hydrogen-bond donors (Lipinski definition) is 2. The van der Waals surface area contributed by atoms with Crippen LogP contribution in [0.4, 0.5) is 0 Å². The Labute approximate surface area is 146 Å². The Morgan fingerprint density at radius 3 is 2.88 bits per heavy atom. The molecule has 0 saturated carbocycles. The summed E-state index contributed by atoms with van der Waals surface area (Å²) in [7, 11) is 0. The fourth-order valence-corrected chi connectivity index (χ4v) is 3.02. The van der Waals surface area contributed by atoms with Crippen LogP contribution in [0.1, 0.15) is 47.6 Å². The van der Waals surface area contributed by atoms with Crippen molar-refractivity contribution in [2.24, 2.45) is 5.92 Å². The van der Waals surface area contributed by atoms with Gasteiger partial charge in [0.05, 0.1) is 18.8 Å². The Balaban J connectivity index is 1.54. The molecule has 0 unspecified atom stereocenters. The first-order valence-corrected chi connectivity index (χ1v) is 8.65. The summed E-state index contributed by atoms with van der Waals surface area (Å²) < 4.78 is 5.67. The first-order chi connectivity index (χ1) is 12.0. The highest BCUT2D eigenvalue weighted by molar-refractivity contribution is 5.91. The number of hydrogen-bond acceptors (Lipinski definition) is 5. The lowest BCUT2D eigenvalue weighted by Crippen LogP contribution is -2.32. The van der Waals surface area contributed by atoms with E-state index in [9.17, 15) is 9.59 Å². The number of H-pyrrole nitrogens is 1. The zero-order chi connectivity index (χ0) is 17.8. The summed E-state index contributed by atoms with van der Waals surface area (Å²) >= 11 is 0. The number of aromatic nitrogens is 2. The second kappa shape index (κ2) is 7.65. The molecule has 1 aliphatic heterocycles. The van der Waals surface area contributed by atoms with Crippen molar-refractivity contribution in [3.05, 3.63) is 51.6 Å². The van der Waals surface area contributed by atoms with Crippen molar-refractivity contribution in [1.82, 2.24) is 20.2 Å². The molecule has 3 rings (SSSR count). The van der Waals surface area contributed by atoms with Crippen LogP contribution in [0.15, 0.2) is 27.4 Å². The standard InChI is InChI=1S/C18H24N4O3/c1-12-5-7-22(8-6-12)11-15-3-4-16(25-15)18(24)19-10-14-9-17(23)21-13(2)20-14/h3-4,9,12H,5-8,10-11H2,1-2H3,(H,19,24)(H,20,21,23). The molecule has 1 saturated heterocycles. The van der Waals surface area contributed by atoms with E-state index in [1.165, 1.54) is 18.9 Å². The number of nitrogens with zero attached hydrogens (tertiary/aromatic N) is 2. The lowest BCUT2D eigenvalue weighted by atomic mass is 9.99. The highest BCUT2D eigenvalue weighted by Gasteiger charge is 2.18. The summed E-state index contributed by atoms with van der Waals surface area (Å²) in [6.45, 7) is 7.03. The molecule has 3 heterocycles. The molecule has 25 heavy (non-hydrogen) atoms. The van der Waals surface area contributed by atoms with Crippen molar-refractivity contribution in [2.75, 3.05) is 13.1 Å². The van der Waals surface area contributed by atoms with E-state index < -0.39 is 0 Å². The van der Waals surface area contributed by atoms with Crippen molar-refractivity contribution in [2.45, 2.75) is 39.8 Å². The monoisotopic (exact) mass is 344 g/mol. The maximum atomic E-state index is 12.2. The average molecular weight is 344 g/mol. The lowest BCUT2D eigenvalue weighted by molar-refractivity contribution is 0.0917. The minimum absolute atomic E-state index is 0.184. The van der Waals surface area contributed by atoms with Gasteiger partial charge in [-0.2, -0.15) is 0 Å². The average Bonchev–Trinajstić information content (AvgIpc) is 3.02. The minimum atomic E-state index is -0.307. The minimum Gasteiger partial charge on any atom is -0.455 e. The van der Waals surface area contributed by atoms with Gasteiger partial charge in [-0.15, -0.1) is 0 Å². The van der Waals surface area contributed by atoms with Crippen LogP contribution in [0.2, 0.25) is 0 Å². The number of aryl methyl sites for hydroxylation is 1. The van der Waals surface area contributed by atoms with E-state index in [2.05, 4.69) is 27.1 Å². The summed E-state index contributed by atoms with van der Waals surface area (Å²) in [4.78, 5) is 32.7. The summed E-state index contributed by atoms with van der Waals surface area (Å²) in [5.41, 5.74) is 0.289. The van der Waals surface area contributed by atoms with Crippen molar-refractivity contribution in [3.63, 3.8) is 0 Å². The predicted octanol–water partition coefficient (Wildman–Crippen LogP) is 1.83. The van der Waals surface area contributed by atoms with Gasteiger partial charge in [-0.25, -0.2) is 4.98 Å². The normalized spacial score (nSPS) is 16.1. The molecule has 0 spiro atoms. The van der Waals surface area contributed by atoms with Crippen LogP contribution in [-0.2, 0) is 13.1 Å². The number of rotatable bonds is 5. The molecule has 1 aliphatic rings. The molecule has 1 amide bonds. The summed E-state index contributed by atoms with van der Waals surface area (Å²) in [5, 5.41) is 2.73. The predicted molar refractivity (Wildman–Crippen MR) is 93.1 cm³/mol. The number of piperidine rings is 1. The van der Waals surface area contributed by atoms with Gasteiger partial charge in [-0.3, -0.25) is 14.5 Å². The van der Waals surface area contributed by atoms with Gasteiger partial charge in [0.15, 0.2) is 5.76 Å². The van der Waals surface area contributed by atoms with Crippen LogP contribution in [0, 0.1) is 12.8 Å². The molecule has 2 aromatic heterocycles. The molecule has 1 fully saturated rings. The molecule has 2 aromatic rings. The van der Waals surface area contributed by atoms with E-state index in [0.29, 0.717) is 11.5 Å². The van der Waals surface area contributed by atoms with Gasteiger partial charge in [0.1, 0.15) is 11.6 Å². The molecule has 0 bridgehead atoms. The van der Waals surface area contributed by atoms with Crippen LogP contribution in [0.25, 0.3) is 0 Å². The van der Waals surface area contributed by atoms with E-state index in [0.717, 1.165) is 31.3 Å². The van der Waals surface area contributed by atoms with Crippen LogP contribution >= 0.6 is 0 Å².